The van der Waals surface area contributed by atoms with Crippen LogP contribution in [-0.4, -0.2) is 41.1 Å². The fraction of sp³-hybridized carbons (Fsp3) is 0.400. The van der Waals surface area contributed by atoms with E-state index < -0.39 is 0 Å². The topological polar surface area (TPSA) is 65.2 Å². The van der Waals surface area contributed by atoms with Gasteiger partial charge in [-0.25, -0.2) is 15.0 Å². The van der Waals surface area contributed by atoms with Crippen LogP contribution >= 0.6 is 11.8 Å². The summed E-state index contributed by atoms with van der Waals surface area (Å²) in [5.74, 6) is 1.31. The van der Waals surface area contributed by atoms with E-state index >= 15 is 0 Å². The highest BCUT2D eigenvalue weighted by Crippen LogP contribution is 2.19. The molecule has 0 aromatic carbocycles. The molecule has 0 aliphatic carbocycles. The molecule has 0 atom stereocenters. The molecule has 0 saturated heterocycles. The van der Waals surface area contributed by atoms with Gasteiger partial charge in [0, 0.05) is 14.1 Å². The number of hydrogen-bond donors (Lipinski definition) is 0. The zero-order chi connectivity index (χ0) is 12.0. The summed E-state index contributed by atoms with van der Waals surface area (Å²) in [5.41, 5.74) is 0.388. The second kappa shape index (κ2) is 6.08. The average Bonchev–Trinajstić information content (AvgIpc) is 2.27. The Hall–Kier alpha value is -1.61. The van der Waals surface area contributed by atoms with E-state index in [-0.39, 0.29) is 0 Å². The van der Waals surface area contributed by atoms with Crippen LogP contribution < -0.4 is 0 Å². The van der Waals surface area contributed by atoms with E-state index in [0.29, 0.717) is 16.5 Å². The van der Waals surface area contributed by atoms with Crippen LogP contribution in [0.4, 0.5) is 5.82 Å². The molecule has 84 valence electrons. The van der Waals surface area contributed by atoms with Crippen molar-refractivity contribution in [2.24, 2.45) is 4.99 Å². The summed E-state index contributed by atoms with van der Waals surface area (Å²) in [7, 11) is 3.72. The number of aliphatic imine (C=N–C) groups is 1. The molecule has 16 heavy (non-hydrogen) atoms. The first kappa shape index (κ1) is 12.5. The first-order valence-corrected chi connectivity index (χ1v) is 5.76. The third kappa shape index (κ3) is 3.51. The van der Waals surface area contributed by atoms with Crippen molar-refractivity contribution >= 4 is 23.9 Å². The van der Waals surface area contributed by atoms with Crippen LogP contribution in [0.25, 0.3) is 0 Å². The van der Waals surface area contributed by atoms with Gasteiger partial charge in [0.05, 0.1) is 12.5 Å². The van der Waals surface area contributed by atoms with Gasteiger partial charge in [0.2, 0.25) is 0 Å². The second-order valence-corrected chi connectivity index (χ2v) is 4.37. The van der Waals surface area contributed by atoms with Gasteiger partial charge in [-0.2, -0.15) is 5.26 Å². The molecule has 0 unspecified atom stereocenters. The summed E-state index contributed by atoms with van der Waals surface area (Å²) < 4.78 is 0. The highest BCUT2D eigenvalue weighted by molar-refractivity contribution is 7.99. The van der Waals surface area contributed by atoms with E-state index in [1.807, 2.05) is 27.1 Å². The van der Waals surface area contributed by atoms with Crippen molar-refractivity contribution in [1.29, 1.82) is 5.26 Å². The Morgan fingerprint density at radius 1 is 1.62 bits per heavy atom. The summed E-state index contributed by atoms with van der Waals surface area (Å²) in [5, 5.41) is 9.53. The Kier molecular flexibility index (Phi) is 4.73. The number of rotatable bonds is 4. The van der Waals surface area contributed by atoms with Gasteiger partial charge in [-0.3, -0.25) is 0 Å². The van der Waals surface area contributed by atoms with Gasteiger partial charge in [0.15, 0.2) is 11.0 Å². The van der Waals surface area contributed by atoms with Gasteiger partial charge in [-0.15, -0.1) is 0 Å². The van der Waals surface area contributed by atoms with E-state index in [2.05, 4.69) is 15.0 Å². The van der Waals surface area contributed by atoms with E-state index in [0.717, 1.165) is 5.75 Å². The number of thioether (sulfide) groups is 1. The van der Waals surface area contributed by atoms with Crippen LogP contribution in [0.15, 0.2) is 16.3 Å². The lowest BCUT2D eigenvalue weighted by molar-refractivity contribution is 0.642. The standard InChI is InChI=1S/C10H13N5S/c1-4-16-10-12-6-8(5-11)9(14-10)13-7-15(2)3/h6-7H,4H2,1-3H3/b13-7-. The van der Waals surface area contributed by atoms with Crippen LogP contribution in [0.1, 0.15) is 12.5 Å². The smallest absolute Gasteiger partial charge is 0.189 e. The Balaban J connectivity index is 3.03. The molecule has 1 rings (SSSR count). The minimum absolute atomic E-state index is 0.388. The average molecular weight is 235 g/mol. The molecule has 0 N–H and O–H groups in total. The van der Waals surface area contributed by atoms with Crippen molar-refractivity contribution in [2.45, 2.75) is 12.1 Å². The molecule has 0 aliphatic heterocycles. The third-order valence-corrected chi connectivity index (χ3v) is 2.29. The van der Waals surface area contributed by atoms with Gasteiger partial charge < -0.3 is 4.90 Å². The first-order chi connectivity index (χ1) is 7.67. The van der Waals surface area contributed by atoms with Crippen LogP contribution in [0.5, 0.6) is 0 Å². The number of hydrogen-bond acceptors (Lipinski definition) is 5. The van der Waals surface area contributed by atoms with Gasteiger partial charge in [-0.05, 0) is 5.75 Å². The molecule has 0 radical (unpaired) electrons. The summed E-state index contributed by atoms with van der Waals surface area (Å²) in [6, 6.07) is 2.02. The van der Waals surface area contributed by atoms with E-state index in [9.17, 15) is 0 Å². The maximum absolute atomic E-state index is 8.88. The highest BCUT2D eigenvalue weighted by Gasteiger charge is 2.05. The van der Waals surface area contributed by atoms with Crippen molar-refractivity contribution in [3.05, 3.63) is 11.8 Å². The summed E-state index contributed by atoms with van der Waals surface area (Å²) >= 11 is 1.52. The Morgan fingerprint density at radius 2 is 2.38 bits per heavy atom. The number of aromatic nitrogens is 2. The summed E-state index contributed by atoms with van der Waals surface area (Å²) in [6.45, 7) is 2.02. The van der Waals surface area contributed by atoms with E-state index in [1.54, 1.807) is 11.2 Å². The van der Waals surface area contributed by atoms with E-state index in [1.165, 1.54) is 18.0 Å². The molecule has 6 heteroatoms. The maximum Gasteiger partial charge on any atom is 0.189 e. The third-order valence-electron chi connectivity index (χ3n) is 1.55. The molecule has 0 bridgehead atoms. The Bertz CT molecular complexity index is 422. The van der Waals surface area contributed by atoms with Crippen molar-refractivity contribution in [2.75, 3.05) is 19.8 Å². The molecule has 1 aromatic rings. The molecule has 0 spiro atoms. The Morgan fingerprint density at radius 3 is 2.94 bits per heavy atom. The molecule has 0 aliphatic rings. The number of nitriles is 1. The van der Waals surface area contributed by atoms with Gasteiger partial charge in [-0.1, -0.05) is 18.7 Å². The molecular formula is C10H13N5S. The predicted octanol–water partition coefficient (Wildman–Crippen LogP) is 1.68. The maximum atomic E-state index is 8.88. The zero-order valence-electron chi connectivity index (χ0n) is 9.51. The minimum atomic E-state index is 0.388. The fourth-order valence-electron chi connectivity index (χ4n) is 0.903. The molecule has 5 nitrogen and oxygen atoms in total. The normalized spacial score (nSPS) is 10.4. The quantitative estimate of drug-likeness (QED) is 0.344. The molecule has 1 aromatic heterocycles. The van der Waals surface area contributed by atoms with Crippen molar-refractivity contribution < 1.29 is 0 Å². The highest BCUT2D eigenvalue weighted by atomic mass is 32.2. The van der Waals surface area contributed by atoms with Gasteiger partial charge >= 0.3 is 0 Å². The number of nitrogens with zero attached hydrogens (tertiary/aromatic N) is 5. The van der Waals surface area contributed by atoms with Crippen LogP contribution in [0.3, 0.4) is 0 Å². The lowest BCUT2D eigenvalue weighted by atomic mass is 10.3. The Labute approximate surface area is 99.2 Å². The van der Waals surface area contributed by atoms with Crippen molar-refractivity contribution in [1.82, 2.24) is 14.9 Å². The summed E-state index contributed by atoms with van der Waals surface area (Å²) in [6.07, 6.45) is 3.12. The summed E-state index contributed by atoms with van der Waals surface area (Å²) in [4.78, 5) is 14.2. The SMILES string of the molecule is CCSc1ncc(C#N)c(/N=C\N(C)C)n1. The van der Waals surface area contributed by atoms with E-state index in [4.69, 9.17) is 5.26 Å². The van der Waals surface area contributed by atoms with Crippen LogP contribution in [0, 0.1) is 11.3 Å². The van der Waals surface area contributed by atoms with Gasteiger partial charge in [0.1, 0.15) is 11.6 Å². The monoisotopic (exact) mass is 235 g/mol. The predicted molar refractivity (Wildman–Crippen MR) is 65.0 cm³/mol. The zero-order valence-corrected chi connectivity index (χ0v) is 10.3. The van der Waals surface area contributed by atoms with Gasteiger partial charge in [0.25, 0.3) is 0 Å². The van der Waals surface area contributed by atoms with Crippen LogP contribution in [-0.2, 0) is 0 Å². The first-order valence-electron chi connectivity index (χ1n) is 4.78. The molecule has 0 amide bonds. The molecule has 1 heterocycles. The molecular weight excluding hydrogens is 222 g/mol. The largest absolute Gasteiger partial charge is 0.369 e. The van der Waals surface area contributed by atoms with Crippen LogP contribution in [0.2, 0.25) is 0 Å². The molecule has 0 fully saturated rings. The lowest BCUT2D eigenvalue weighted by Gasteiger charge is -2.03. The van der Waals surface area contributed by atoms with Crippen molar-refractivity contribution in [3.8, 4) is 6.07 Å². The lowest BCUT2D eigenvalue weighted by Crippen LogP contribution is -2.07. The fourth-order valence-corrected chi connectivity index (χ4v) is 1.44. The minimum Gasteiger partial charge on any atom is -0.369 e. The molecule has 0 saturated carbocycles. The van der Waals surface area contributed by atoms with Crippen molar-refractivity contribution in [3.63, 3.8) is 0 Å². The second-order valence-electron chi connectivity index (χ2n) is 3.14.